The normalized spacial score (nSPS) is 16.4. The molecule has 8 heteroatoms. The largest absolute Gasteiger partial charge is 0.368 e. The molecule has 0 aliphatic carbocycles. The van der Waals surface area contributed by atoms with Crippen molar-refractivity contribution < 1.29 is 18.9 Å². The Hall–Kier alpha value is -3.29. The Morgan fingerprint density at radius 3 is 2.63 bits per heavy atom. The summed E-state index contributed by atoms with van der Waals surface area (Å²) in [5, 5.41) is 14.2. The van der Waals surface area contributed by atoms with Gasteiger partial charge in [-0.15, -0.1) is 0 Å². The number of hydrogen-bond donors (Lipinski definition) is 1. The predicted molar refractivity (Wildman–Crippen MR) is 96.9 cm³/mol. The molecular formula is C19H18FN3O4. The molecular weight excluding hydrogens is 353 g/mol. The lowest BCUT2D eigenvalue weighted by Crippen LogP contribution is -2.33. The van der Waals surface area contributed by atoms with Crippen LogP contribution in [0.4, 0.5) is 15.8 Å². The van der Waals surface area contributed by atoms with E-state index in [0.717, 1.165) is 5.56 Å². The Morgan fingerprint density at radius 1 is 1.30 bits per heavy atom. The molecule has 0 saturated carbocycles. The van der Waals surface area contributed by atoms with Crippen LogP contribution < -0.4 is 5.32 Å². The molecule has 7 nitrogen and oxygen atoms in total. The fourth-order valence-corrected chi connectivity index (χ4v) is 3.05. The summed E-state index contributed by atoms with van der Waals surface area (Å²) in [5.41, 5.74) is 1.00. The first-order chi connectivity index (χ1) is 12.8. The van der Waals surface area contributed by atoms with Crippen LogP contribution in [0.15, 0.2) is 42.5 Å². The SMILES string of the molecule is CC(=O)c1ccc(NC2CCN(Cc3ccc(F)cc3)C2=O)c([N+](=O)[O-])c1. The van der Waals surface area contributed by atoms with Crippen LogP contribution in [0.3, 0.4) is 0 Å². The third-order valence-electron chi connectivity index (χ3n) is 4.51. The first kappa shape index (κ1) is 18.5. The lowest BCUT2D eigenvalue weighted by Gasteiger charge is -2.18. The first-order valence-corrected chi connectivity index (χ1v) is 8.44. The highest BCUT2D eigenvalue weighted by atomic mass is 19.1. The molecule has 1 N–H and O–H groups in total. The number of amides is 1. The van der Waals surface area contributed by atoms with Gasteiger partial charge < -0.3 is 10.2 Å². The average Bonchev–Trinajstić information content (AvgIpc) is 2.97. The van der Waals surface area contributed by atoms with E-state index >= 15 is 0 Å². The summed E-state index contributed by atoms with van der Waals surface area (Å²) in [6.45, 7) is 2.18. The summed E-state index contributed by atoms with van der Waals surface area (Å²) in [5.74, 6) is -0.788. The van der Waals surface area contributed by atoms with Gasteiger partial charge in [-0.1, -0.05) is 12.1 Å². The van der Waals surface area contributed by atoms with Gasteiger partial charge in [-0.3, -0.25) is 19.7 Å². The molecule has 0 bridgehead atoms. The standard InChI is InChI=1S/C19H18FN3O4/c1-12(24)14-4-7-16(18(10-14)23(26)27)21-17-8-9-22(19(17)25)11-13-2-5-15(20)6-3-13/h2-7,10,17,21H,8-9,11H2,1H3. The predicted octanol–water partition coefficient (Wildman–Crippen LogP) is 3.15. The summed E-state index contributed by atoms with van der Waals surface area (Å²) in [7, 11) is 0. The van der Waals surface area contributed by atoms with Gasteiger partial charge in [-0.2, -0.15) is 0 Å². The van der Waals surface area contributed by atoms with Crippen molar-refractivity contribution in [1.82, 2.24) is 4.90 Å². The van der Waals surface area contributed by atoms with Crippen molar-refractivity contribution in [2.75, 3.05) is 11.9 Å². The number of hydrogen-bond acceptors (Lipinski definition) is 5. The van der Waals surface area contributed by atoms with Crippen molar-refractivity contribution in [1.29, 1.82) is 0 Å². The van der Waals surface area contributed by atoms with Crippen LogP contribution in [0, 0.1) is 15.9 Å². The van der Waals surface area contributed by atoms with Gasteiger partial charge in [0, 0.05) is 24.7 Å². The number of carbonyl (C=O) groups excluding carboxylic acids is 2. The number of Topliss-reactive ketones (excluding diaryl/α,β-unsaturated/α-hetero) is 1. The molecule has 1 amide bonds. The second-order valence-electron chi connectivity index (χ2n) is 6.42. The number of nitro groups is 1. The molecule has 1 atom stereocenters. The molecule has 0 aromatic heterocycles. The second kappa shape index (κ2) is 7.53. The lowest BCUT2D eigenvalue weighted by atomic mass is 10.1. The molecule has 27 heavy (non-hydrogen) atoms. The third-order valence-corrected chi connectivity index (χ3v) is 4.51. The molecule has 2 aromatic rings. The average molecular weight is 371 g/mol. The lowest BCUT2D eigenvalue weighted by molar-refractivity contribution is -0.384. The molecule has 1 fully saturated rings. The van der Waals surface area contributed by atoms with Gasteiger partial charge in [0.25, 0.3) is 5.69 Å². The van der Waals surface area contributed by atoms with E-state index < -0.39 is 11.0 Å². The Balaban J connectivity index is 1.73. The van der Waals surface area contributed by atoms with Crippen LogP contribution in [-0.4, -0.2) is 34.1 Å². The third kappa shape index (κ3) is 4.11. The molecule has 1 aliphatic rings. The van der Waals surface area contributed by atoms with Gasteiger partial charge in [0.1, 0.15) is 17.5 Å². The number of nitro benzene ring substituents is 1. The van der Waals surface area contributed by atoms with Crippen molar-refractivity contribution in [3.05, 3.63) is 69.5 Å². The number of carbonyl (C=O) groups is 2. The number of nitrogens with zero attached hydrogens (tertiary/aromatic N) is 2. The van der Waals surface area contributed by atoms with Gasteiger partial charge in [-0.05, 0) is 43.2 Å². The van der Waals surface area contributed by atoms with Crippen LogP contribution in [-0.2, 0) is 11.3 Å². The minimum Gasteiger partial charge on any atom is -0.368 e. The van der Waals surface area contributed by atoms with E-state index in [9.17, 15) is 24.1 Å². The van der Waals surface area contributed by atoms with Crippen LogP contribution in [0.2, 0.25) is 0 Å². The number of likely N-dealkylation sites (tertiary alicyclic amines) is 1. The molecule has 1 saturated heterocycles. The highest BCUT2D eigenvalue weighted by Gasteiger charge is 2.33. The van der Waals surface area contributed by atoms with Crippen molar-refractivity contribution >= 4 is 23.1 Å². The maximum Gasteiger partial charge on any atom is 0.293 e. The number of anilines is 1. The molecule has 0 radical (unpaired) electrons. The van der Waals surface area contributed by atoms with Crippen molar-refractivity contribution in [3.8, 4) is 0 Å². The van der Waals surface area contributed by atoms with E-state index in [-0.39, 0.29) is 34.4 Å². The number of ketones is 1. The monoisotopic (exact) mass is 371 g/mol. The minimum absolute atomic E-state index is 0.177. The van der Waals surface area contributed by atoms with Crippen LogP contribution in [0.5, 0.6) is 0 Å². The van der Waals surface area contributed by atoms with Gasteiger partial charge in [0.2, 0.25) is 5.91 Å². The summed E-state index contributed by atoms with van der Waals surface area (Å²) in [6, 6.07) is 9.48. The molecule has 0 spiro atoms. The van der Waals surface area contributed by atoms with Gasteiger partial charge in [0.05, 0.1) is 4.92 Å². The van der Waals surface area contributed by atoms with E-state index in [1.165, 1.54) is 37.3 Å². The van der Waals surface area contributed by atoms with Gasteiger partial charge >= 0.3 is 0 Å². The molecule has 2 aromatic carbocycles. The van der Waals surface area contributed by atoms with Crippen LogP contribution >= 0.6 is 0 Å². The summed E-state index contributed by atoms with van der Waals surface area (Å²) in [6.07, 6.45) is 0.492. The molecule has 1 aliphatic heterocycles. The Kier molecular flexibility index (Phi) is 5.16. The minimum atomic E-state index is -0.590. The summed E-state index contributed by atoms with van der Waals surface area (Å²) in [4.78, 5) is 36.4. The van der Waals surface area contributed by atoms with Crippen LogP contribution in [0.1, 0.15) is 29.3 Å². The second-order valence-corrected chi connectivity index (χ2v) is 6.42. The molecule has 1 unspecified atom stereocenters. The van der Waals surface area contributed by atoms with Crippen molar-refractivity contribution in [2.45, 2.75) is 25.9 Å². The fourth-order valence-electron chi connectivity index (χ4n) is 3.05. The van der Waals surface area contributed by atoms with Gasteiger partial charge in [0.15, 0.2) is 5.78 Å². The quantitative estimate of drug-likeness (QED) is 0.478. The van der Waals surface area contributed by atoms with E-state index in [0.29, 0.717) is 19.5 Å². The zero-order valence-corrected chi connectivity index (χ0v) is 14.6. The van der Waals surface area contributed by atoms with E-state index in [4.69, 9.17) is 0 Å². The smallest absolute Gasteiger partial charge is 0.293 e. The number of halogens is 1. The summed E-state index contributed by atoms with van der Waals surface area (Å²) < 4.78 is 13.0. The Labute approximate surface area is 154 Å². The zero-order chi connectivity index (χ0) is 19.6. The number of nitrogens with one attached hydrogen (secondary N) is 1. The van der Waals surface area contributed by atoms with Gasteiger partial charge in [-0.25, -0.2) is 4.39 Å². The number of benzene rings is 2. The Morgan fingerprint density at radius 2 is 2.00 bits per heavy atom. The molecule has 140 valence electrons. The highest BCUT2D eigenvalue weighted by Crippen LogP contribution is 2.28. The number of rotatable bonds is 6. The highest BCUT2D eigenvalue weighted by molar-refractivity contribution is 5.96. The molecule has 1 heterocycles. The first-order valence-electron chi connectivity index (χ1n) is 8.44. The molecule has 3 rings (SSSR count). The summed E-state index contributed by atoms with van der Waals surface area (Å²) >= 11 is 0. The maximum atomic E-state index is 13.0. The van der Waals surface area contributed by atoms with E-state index in [1.54, 1.807) is 17.0 Å². The van der Waals surface area contributed by atoms with Crippen molar-refractivity contribution in [3.63, 3.8) is 0 Å². The Bertz CT molecular complexity index is 898. The topological polar surface area (TPSA) is 92.6 Å². The van der Waals surface area contributed by atoms with Crippen LogP contribution in [0.25, 0.3) is 0 Å². The van der Waals surface area contributed by atoms with Crippen molar-refractivity contribution in [2.24, 2.45) is 0 Å². The maximum absolute atomic E-state index is 13.0. The fraction of sp³-hybridized carbons (Fsp3) is 0.263. The van der Waals surface area contributed by atoms with E-state index in [2.05, 4.69) is 5.32 Å². The van der Waals surface area contributed by atoms with E-state index in [1.807, 2.05) is 0 Å². The zero-order valence-electron chi connectivity index (χ0n) is 14.6.